The molecule has 0 aliphatic carbocycles. The lowest BCUT2D eigenvalue weighted by Crippen LogP contribution is -2.14. The molecule has 2 heterocycles. The number of carbonyl (C=O) groups excluding carboxylic acids is 1. The molecule has 4 rings (SSSR count). The van der Waals surface area contributed by atoms with E-state index >= 15 is 0 Å². The highest BCUT2D eigenvalue weighted by Gasteiger charge is 2.16. The van der Waals surface area contributed by atoms with Gasteiger partial charge in [0.1, 0.15) is 17.3 Å². The van der Waals surface area contributed by atoms with Gasteiger partial charge in [-0.05, 0) is 24.3 Å². The number of anilines is 1. The molecule has 4 aromatic rings. The van der Waals surface area contributed by atoms with Crippen molar-refractivity contribution < 1.29 is 13.6 Å². The van der Waals surface area contributed by atoms with Crippen LogP contribution in [-0.4, -0.2) is 15.9 Å². The summed E-state index contributed by atoms with van der Waals surface area (Å²) in [6, 6.07) is 10.2. The molecule has 0 saturated heterocycles. The van der Waals surface area contributed by atoms with Gasteiger partial charge in [-0.25, -0.2) is 9.37 Å². The van der Waals surface area contributed by atoms with Gasteiger partial charge >= 0.3 is 0 Å². The van der Waals surface area contributed by atoms with Gasteiger partial charge in [-0.2, -0.15) is 0 Å². The lowest BCUT2D eigenvalue weighted by molar-refractivity contribution is 0.102. The van der Waals surface area contributed by atoms with Crippen LogP contribution >= 0.6 is 11.6 Å². The molecular weight excluding hydrogens is 385 g/mol. The fourth-order valence-corrected chi connectivity index (χ4v) is 2.92. The molecule has 2 aromatic heterocycles. The number of carbonyl (C=O) groups is 1. The van der Waals surface area contributed by atoms with Crippen LogP contribution in [0.2, 0.25) is 5.02 Å². The number of benzene rings is 2. The Kier molecular flexibility index (Phi) is 4.58. The Labute approximate surface area is 162 Å². The van der Waals surface area contributed by atoms with Crippen LogP contribution in [0.1, 0.15) is 10.5 Å². The number of amides is 1. The number of halogens is 2. The van der Waals surface area contributed by atoms with E-state index in [1.807, 2.05) is 0 Å². The van der Waals surface area contributed by atoms with Gasteiger partial charge in [0.25, 0.3) is 5.91 Å². The molecule has 138 valence electrons. The average Bonchev–Trinajstić information content (AvgIpc) is 2.71. The first kappa shape index (κ1) is 17.8. The Balaban J connectivity index is 1.85. The summed E-state index contributed by atoms with van der Waals surface area (Å²) in [6.07, 6.45) is 4.15. The zero-order valence-corrected chi connectivity index (χ0v) is 14.9. The molecule has 0 saturated carbocycles. The topological polar surface area (TPSA) is 85.1 Å². The molecule has 0 aliphatic rings. The number of aromatic nitrogens is 2. The molecule has 0 unspecified atom stereocenters. The minimum absolute atomic E-state index is 0.0863. The molecule has 8 heteroatoms. The van der Waals surface area contributed by atoms with E-state index < -0.39 is 11.7 Å². The minimum atomic E-state index is -0.633. The smallest absolute Gasteiger partial charge is 0.275 e. The number of nitrogens with one attached hydrogen (secondary N) is 1. The summed E-state index contributed by atoms with van der Waals surface area (Å²) in [4.78, 5) is 32.7. The molecule has 1 N–H and O–H groups in total. The van der Waals surface area contributed by atoms with Gasteiger partial charge in [-0.3, -0.25) is 14.6 Å². The third kappa shape index (κ3) is 3.23. The van der Waals surface area contributed by atoms with Crippen molar-refractivity contribution in [2.75, 3.05) is 5.32 Å². The number of fused-ring (bicyclic) bond motifs is 1. The maximum Gasteiger partial charge on any atom is 0.275 e. The van der Waals surface area contributed by atoms with Crippen LogP contribution in [0.3, 0.4) is 0 Å². The summed E-state index contributed by atoms with van der Waals surface area (Å²) < 4.78 is 19.6. The van der Waals surface area contributed by atoms with Gasteiger partial charge in [0.05, 0.1) is 22.3 Å². The number of para-hydroxylation sites is 1. The van der Waals surface area contributed by atoms with E-state index in [-0.39, 0.29) is 44.1 Å². The van der Waals surface area contributed by atoms with Gasteiger partial charge in [0.2, 0.25) is 0 Å². The quantitative estimate of drug-likeness (QED) is 0.559. The number of hydrogen-bond acceptors (Lipinski definition) is 5. The van der Waals surface area contributed by atoms with E-state index in [1.165, 1.54) is 42.9 Å². The van der Waals surface area contributed by atoms with Crippen molar-refractivity contribution in [2.45, 2.75) is 0 Å². The van der Waals surface area contributed by atoms with Gasteiger partial charge in [-0.15, -0.1) is 0 Å². The first-order valence-electron chi connectivity index (χ1n) is 8.13. The van der Waals surface area contributed by atoms with E-state index in [0.717, 1.165) is 0 Å². The fourth-order valence-electron chi connectivity index (χ4n) is 2.71. The van der Waals surface area contributed by atoms with Crippen LogP contribution in [0.25, 0.3) is 22.3 Å². The fraction of sp³-hybridized carbons (Fsp3) is 0. The van der Waals surface area contributed by atoms with Crippen LogP contribution in [0.4, 0.5) is 10.1 Å². The van der Waals surface area contributed by atoms with E-state index in [9.17, 15) is 14.0 Å². The number of hydrogen-bond donors (Lipinski definition) is 1. The largest absolute Gasteiger partial charge is 0.454 e. The summed E-state index contributed by atoms with van der Waals surface area (Å²) in [5.74, 6) is -1.06. The van der Waals surface area contributed by atoms with Crippen LogP contribution in [-0.2, 0) is 0 Å². The van der Waals surface area contributed by atoms with Crippen molar-refractivity contribution in [3.8, 4) is 11.3 Å². The molecular formula is C20H11ClFN3O3. The van der Waals surface area contributed by atoms with E-state index in [0.29, 0.717) is 0 Å². The SMILES string of the molecule is O=C(Nc1cccc2c(=O)cc(-c3cccc(F)c3Cl)oc12)c1cnccn1. The van der Waals surface area contributed by atoms with Crippen molar-refractivity contribution in [3.63, 3.8) is 0 Å². The number of rotatable bonds is 3. The normalized spacial score (nSPS) is 10.8. The Hall–Kier alpha value is -3.58. The third-order valence-corrected chi connectivity index (χ3v) is 4.40. The molecule has 6 nitrogen and oxygen atoms in total. The maximum absolute atomic E-state index is 13.8. The first-order chi connectivity index (χ1) is 13.5. The zero-order chi connectivity index (χ0) is 19.7. The molecule has 28 heavy (non-hydrogen) atoms. The Morgan fingerprint density at radius 2 is 1.96 bits per heavy atom. The Morgan fingerprint density at radius 1 is 1.14 bits per heavy atom. The number of nitrogens with zero attached hydrogens (tertiary/aromatic N) is 2. The van der Waals surface area contributed by atoms with Gasteiger partial charge in [-0.1, -0.05) is 23.7 Å². The second-order valence-electron chi connectivity index (χ2n) is 5.80. The standard InChI is InChI=1S/C20H11ClFN3O3/c21-18-12(4-1-5-13(18)22)17-9-16(26)11-3-2-6-14(19(11)28-17)25-20(27)15-10-23-7-8-24-15/h1-10H,(H,25,27). The highest BCUT2D eigenvalue weighted by molar-refractivity contribution is 6.33. The van der Waals surface area contributed by atoms with E-state index in [1.54, 1.807) is 18.2 Å². The van der Waals surface area contributed by atoms with Crippen molar-refractivity contribution in [3.05, 3.63) is 87.8 Å². The van der Waals surface area contributed by atoms with Crippen molar-refractivity contribution in [2.24, 2.45) is 0 Å². The van der Waals surface area contributed by atoms with Crippen LogP contribution in [0.5, 0.6) is 0 Å². The van der Waals surface area contributed by atoms with Crippen molar-refractivity contribution in [1.82, 2.24) is 9.97 Å². The lowest BCUT2D eigenvalue weighted by Gasteiger charge is -2.10. The molecule has 0 bridgehead atoms. The van der Waals surface area contributed by atoms with Crippen LogP contribution in [0, 0.1) is 5.82 Å². The molecule has 0 radical (unpaired) electrons. The van der Waals surface area contributed by atoms with Crippen molar-refractivity contribution >= 4 is 34.2 Å². The zero-order valence-electron chi connectivity index (χ0n) is 14.1. The van der Waals surface area contributed by atoms with Gasteiger partial charge in [0.15, 0.2) is 11.0 Å². The molecule has 0 spiro atoms. The summed E-state index contributed by atoms with van der Waals surface area (Å²) in [6.45, 7) is 0. The summed E-state index contributed by atoms with van der Waals surface area (Å²) in [5, 5.41) is 2.75. The molecule has 0 atom stereocenters. The predicted molar refractivity (Wildman–Crippen MR) is 103 cm³/mol. The molecule has 2 aromatic carbocycles. The highest BCUT2D eigenvalue weighted by atomic mass is 35.5. The monoisotopic (exact) mass is 395 g/mol. The highest BCUT2D eigenvalue weighted by Crippen LogP contribution is 2.32. The average molecular weight is 396 g/mol. The van der Waals surface area contributed by atoms with Gasteiger partial charge in [0, 0.05) is 24.0 Å². The first-order valence-corrected chi connectivity index (χ1v) is 8.51. The van der Waals surface area contributed by atoms with E-state index in [2.05, 4.69) is 15.3 Å². The summed E-state index contributed by atoms with van der Waals surface area (Å²) in [5.41, 5.74) is 0.385. The van der Waals surface area contributed by atoms with Crippen LogP contribution < -0.4 is 10.7 Å². The molecule has 1 amide bonds. The third-order valence-electron chi connectivity index (χ3n) is 4.02. The minimum Gasteiger partial charge on any atom is -0.454 e. The molecule has 0 aliphatic heterocycles. The Bertz CT molecular complexity index is 1260. The van der Waals surface area contributed by atoms with Crippen LogP contribution in [0.15, 0.2) is 70.3 Å². The second kappa shape index (κ2) is 7.21. The molecule has 0 fully saturated rings. The predicted octanol–water partition coefficient (Wildman–Crippen LogP) is 4.29. The lowest BCUT2D eigenvalue weighted by atomic mass is 10.1. The Morgan fingerprint density at radius 3 is 2.75 bits per heavy atom. The van der Waals surface area contributed by atoms with E-state index in [4.69, 9.17) is 16.0 Å². The second-order valence-corrected chi connectivity index (χ2v) is 6.18. The van der Waals surface area contributed by atoms with Gasteiger partial charge < -0.3 is 9.73 Å². The van der Waals surface area contributed by atoms with Crippen molar-refractivity contribution in [1.29, 1.82) is 0 Å². The summed E-state index contributed by atoms with van der Waals surface area (Å²) in [7, 11) is 0. The summed E-state index contributed by atoms with van der Waals surface area (Å²) >= 11 is 6.01. The maximum atomic E-state index is 13.8.